The van der Waals surface area contributed by atoms with E-state index in [2.05, 4.69) is 17.2 Å². The SMILES string of the molecule is CCCCc1ccc(NC(=O)CSc2nc3ccc([N+](=O)[O-])cc3s2)cc1. The molecule has 8 heteroatoms. The van der Waals surface area contributed by atoms with Gasteiger partial charge in [-0.3, -0.25) is 14.9 Å². The summed E-state index contributed by atoms with van der Waals surface area (Å²) in [6.45, 7) is 2.17. The number of aromatic nitrogens is 1. The van der Waals surface area contributed by atoms with Crippen molar-refractivity contribution < 1.29 is 9.72 Å². The van der Waals surface area contributed by atoms with E-state index in [4.69, 9.17) is 0 Å². The third kappa shape index (κ3) is 5.27. The van der Waals surface area contributed by atoms with Crippen LogP contribution in [0.4, 0.5) is 11.4 Å². The average Bonchev–Trinajstić information content (AvgIpc) is 3.08. The third-order valence-electron chi connectivity index (χ3n) is 3.95. The van der Waals surface area contributed by atoms with Crippen molar-refractivity contribution in [3.05, 3.63) is 58.1 Å². The Morgan fingerprint density at radius 3 is 2.74 bits per heavy atom. The zero-order chi connectivity index (χ0) is 19.2. The van der Waals surface area contributed by atoms with Gasteiger partial charge in [-0.2, -0.15) is 0 Å². The van der Waals surface area contributed by atoms with Crippen LogP contribution in [-0.2, 0) is 11.2 Å². The number of nitrogens with zero attached hydrogens (tertiary/aromatic N) is 2. The fourth-order valence-corrected chi connectivity index (χ4v) is 4.43. The van der Waals surface area contributed by atoms with E-state index >= 15 is 0 Å². The second kappa shape index (κ2) is 8.96. The van der Waals surface area contributed by atoms with Crippen LogP contribution in [0, 0.1) is 10.1 Å². The summed E-state index contributed by atoms with van der Waals surface area (Å²) in [4.78, 5) is 27.0. The third-order valence-corrected chi connectivity index (χ3v) is 6.11. The number of carbonyl (C=O) groups is 1. The summed E-state index contributed by atoms with van der Waals surface area (Å²) < 4.78 is 1.46. The number of thioether (sulfide) groups is 1. The molecule has 0 radical (unpaired) electrons. The topological polar surface area (TPSA) is 85.1 Å². The van der Waals surface area contributed by atoms with E-state index in [0.717, 1.165) is 34.0 Å². The van der Waals surface area contributed by atoms with Gasteiger partial charge >= 0.3 is 0 Å². The van der Waals surface area contributed by atoms with Gasteiger partial charge in [0.1, 0.15) is 0 Å². The Labute approximate surface area is 165 Å². The maximum Gasteiger partial charge on any atom is 0.270 e. The number of unbranched alkanes of at least 4 members (excludes halogenated alkanes) is 1. The number of rotatable bonds is 8. The molecule has 1 aromatic heterocycles. The highest BCUT2D eigenvalue weighted by Crippen LogP contribution is 2.31. The van der Waals surface area contributed by atoms with Gasteiger partial charge in [0.05, 0.1) is 20.9 Å². The molecule has 0 saturated carbocycles. The first-order chi connectivity index (χ1) is 13.0. The standard InChI is InChI=1S/C19H19N3O3S2/c1-2-3-4-13-5-7-14(8-6-13)20-18(23)12-26-19-21-16-10-9-15(22(24)25)11-17(16)27-19/h5-11H,2-4,12H2,1H3,(H,20,23). The number of carbonyl (C=O) groups excluding carboxylic acids is 1. The number of thiazole rings is 1. The van der Waals surface area contributed by atoms with Crippen molar-refractivity contribution in [2.75, 3.05) is 11.1 Å². The molecule has 3 aromatic rings. The van der Waals surface area contributed by atoms with Gasteiger partial charge in [-0.1, -0.05) is 37.2 Å². The molecule has 6 nitrogen and oxygen atoms in total. The molecule has 0 unspecified atom stereocenters. The van der Waals surface area contributed by atoms with E-state index in [-0.39, 0.29) is 17.3 Å². The van der Waals surface area contributed by atoms with E-state index < -0.39 is 4.92 Å². The van der Waals surface area contributed by atoms with Crippen molar-refractivity contribution >= 4 is 50.6 Å². The van der Waals surface area contributed by atoms with Crippen LogP contribution in [0.25, 0.3) is 10.2 Å². The van der Waals surface area contributed by atoms with Crippen LogP contribution in [0.1, 0.15) is 25.3 Å². The molecule has 0 saturated heterocycles. The zero-order valence-corrected chi connectivity index (χ0v) is 16.4. The normalized spacial score (nSPS) is 10.9. The first-order valence-electron chi connectivity index (χ1n) is 8.61. The molecule has 140 valence electrons. The number of hydrogen-bond acceptors (Lipinski definition) is 6. The quantitative estimate of drug-likeness (QED) is 0.315. The van der Waals surface area contributed by atoms with Gasteiger partial charge in [0, 0.05) is 17.8 Å². The molecule has 2 aromatic carbocycles. The molecule has 27 heavy (non-hydrogen) atoms. The second-order valence-corrected chi connectivity index (χ2v) is 8.28. The zero-order valence-electron chi connectivity index (χ0n) is 14.8. The van der Waals surface area contributed by atoms with Gasteiger partial charge in [0.25, 0.3) is 5.69 Å². The molecule has 0 aliphatic rings. The molecule has 1 amide bonds. The Morgan fingerprint density at radius 1 is 1.26 bits per heavy atom. The molecular weight excluding hydrogens is 382 g/mol. The van der Waals surface area contributed by atoms with Crippen LogP contribution >= 0.6 is 23.1 Å². The van der Waals surface area contributed by atoms with Crippen molar-refractivity contribution in [1.82, 2.24) is 4.98 Å². The number of amides is 1. The number of nitrogens with one attached hydrogen (secondary N) is 1. The smallest absolute Gasteiger partial charge is 0.270 e. The van der Waals surface area contributed by atoms with Gasteiger partial charge in [0.2, 0.25) is 5.91 Å². The fraction of sp³-hybridized carbons (Fsp3) is 0.263. The van der Waals surface area contributed by atoms with Gasteiger partial charge < -0.3 is 5.32 Å². The minimum absolute atomic E-state index is 0.0443. The molecule has 1 heterocycles. The van der Waals surface area contributed by atoms with E-state index in [0.29, 0.717) is 5.52 Å². The van der Waals surface area contributed by atoms with Crippen LogP contribution in [0.3, 0.4) is 0 Å². The summed E-state index contributed by atoms with van der Waals surface area (Å²) in [6, 6.07) is 12.5. The largest absolute Gasteiger partial charge is 0.325 e. The van der Waals surface area contributed by atoms with Crippen LogP contribution in [0.15, 0.2) is 46.8 Å². The van der Waals surface area contributed by atoms with E-state index in [1.165, 1.54) is 40.8 Å². The number of anilines is 1. The lowest BCUT2D eigenvalue weighted by Gasteiger charge is -2.06. The summed E-state index contributed by atoms with van der Waals surface area (Å²) in [7, 11) is 0. The van der Waals surface area contributed by atoms with Crippen LogP contribution in [0.2, 0.25) is 0 Å². The van der Waals surface area contributed by atoms with Crippen molar-refractivity contribution in [2.45, 2.75) is 30.5 Å². The van der Waals surface area contributed by atoms with E-state index in [9.17, 15) is 14.9 Å². The lowest BCUT2D eigenvalue weighted by atomic mass is 10.1. The van der Waals surface area contributed by atoms with E-state index in [1.54, 1.807) is 6.07 Å². The predicted molar refractivity (Wildman–Crippen MR) is 111 cm³/mol. The van der Waals surface area contributed by atoms with Gasteiger partial charge in [0.15, 0.2) is 4.34 Å². The number of hydrogen-bond donors (Lipinski definition) is 1. The molecule has 1 N–H and O–H groups in total. The Morgan fingerprint density at radius 2 is 2.04 bits per heavy atom. The van der Waals surface area contributed by atoms with Crippen LogP contribution in [0.5, 0.6) is 0 Å². The Bertz CT molecular complexity index is 954. The average molecular weight is 402 g/mol. The summed E-state index contributed by atoms with van der Waals surface area (Å²) >= 11 is 2.68. The van der Waals surface area contributed by atoms with Crippen LogP contribution in [-0.4, -0.2) is 21.6 Å². The summed E-state index contributed by atoms with van der Waals surface area (Å²) in [5.41, 5.74) is 2.80. The summed E-state index contributed by atoms with van der Waals surface area (Å²) in [5, 5.41) is 13.7. The number of aryl methyl sites for hydroxylation is 1. The highest BCUT2D eigenvalue weighted by Gasteiger charge is 2.12. The maximum atomic E-state index is 12.2. The molecule has 0 fully saturated rings. The lowest BCUT2D eigenvalue weighted by molar-refractivity contribution is -0.384. The monoisotopic (exact) mass is 401 g/mol. The molecule has 3 rings (SSSR count). The lowest BCUT2D eigenvalue weighted by Crippen LogP contribution is -2.13. The van der Waals surface area contributed by atoms with E-state index in [1.807, 2.05) is 24.3 Å². The fourth-order valence-electron chi connectivity index (χ4n) is 2.53. The Kier molecular flexibility index (Phi) is 6.41. The maximum absolute atomic E-state index is 12.2. The molecule has 0 spiro atoms. The molecule has 0 atom stereocenters. The predicted octanol–water partition coefficient (Wildman–Crippen LogP) is 5.28. The first kappa shape index (κ1) is 19.3. The van der Waals surface area contributed by atoms with Crippen molar-refractivity contribution in [3.63, 3.8) is 0 Å². The first-order valence-corrected chi connectivity index (χ1v) is 10.4. The molecule has 0 aliphatic carbocycles. The Hall–Kier alpha value is -2.45. The van der Waals surface area contributed by atoms with Crippen molar-refractivity contribution in [2.24, 2.45) is 0 Å². The Balaban J connectivity index is 1.55. The molecule has 0 aliphatic heterocycles. The number of fused-ring (bicyclic) bond motifs is 1. The highest BCUT2D eigenvalue weighted by atomic mass is 32.2. The minimum atomic E-state index is -0.424. The van der Waals surface area contributed by atoms with Gasteiger partial charge in [-0.05, 0) is 36.6 Å². The van der Waals surface area contributed by atoms with Crippen molar-refractivity contribution in [1.29, 1.82) is 0 Å². The minimum Gasteiger partial charge on any atom is -0.325 e. The van der Waals surface area contributed by atoms with Gasteiger partial charge in [-0.25, -0.2) is 4.98 Å². The number of nitro groups is 1. The number of non-ortho nitro benzene ring substituents is 1. The summed E-state index contributed by atoms with van der Waals surface area (Å²) in [6.07, 6.45) is 3.37. The molecule has 0 bridgehead atoms. The van der Waals surface area contributed by atoms with Crippen LogP contribution < -0.4 is 5.32 Å². The molecular formula is C19H19N3O3S2. The number of benzene rings is 2. The number of nitro benzene ring substituents is 1. The summed E-state index contributed by atoms with van der Waals surface area (Å²) in [5.74, 6) is 0.131. The second-order valence-electron chi connectivity index (χ2n) is 6.03. The van der Waals surface area contributed by atoms with Crippen molar-refractivity contribution in [3.8, 4) is 0 Å². The van der Waals surface area contributed by atoms with Gasteiger partial charge in [-0.15, -0.1) is 11.3 Å². The highest BCUT2D eigenvalue weighted by molar-refractivity contribution is 8.01.